The molecule has 18 heavy (non-hydrogen) atoms. The van der Waals surface area contributed by atoms with Crippen molar-refractivity contribution in [3.05, 3.63) is 35.9 Å². The van der Waals surface area contributed by atoms with E-state index in [4.69, 9.17) is 9.47 Å². The van der Waals surface area contributed by atoms with Crippen molar-refractivity contribution >= 4 is 0 Å². The lowest BCUT2D eigenvalue weighted by atomic mass is 9.98. The molecule has 1 fully saturated rings. The van der Waals surface area contributed by atoms with Crippen molar-refractivity contribution in [3.8, 4) is 0 Å². The Morgan fingerprint density at radius 1 is 1.28 bits per heavy atom. The van der Waals surface area contributed by atoms with Gasteiger partial charge in [-0.05, 0) is 24.4 Å². The molecule has 2 rings (SSSR count). The van der Waals surface area contributed by atoms with E-state index in [0.29, 0.717) is 5.92 Å². The van der Waals surface area contributed by atoms with Crippen LogP contribution in [0.15, 0.2) is 30.3 Å². The van der Waals surface area contributed by atoms with Gasteiger partial charge in [-0.15, -0.1) is 0 Å². The molecule has 1 heterocycles. The van der Waals surface area contributed by atoms with Gasteiger partial charge in [0.15, 0.2) is 0 Å². The van der Waals surface area contributed by atoms with E-state index in [-0.39, 0.29) is 6.10 Å². The molecule has 2 atom stereocenters. The predicted octanol–water partition coefficient (Wildman–Crippen LogP) is 2.19. The molecule has 3 heteroatoms. The zero-order valence-electron chi connectivity index (χ0n) is 11.1. The van der Waals surface area contributed by atoms with E-state index in [1.807, 2.05) is 0 Å². The van der Waals surface area contributed by atoms with E-state index in [2.05, 4.69) is 42.6 Å². The highest BCUT2D eigenvalue weighted by Crippen LogP contribution is 2.17. The first-order valence-corrected chi connectivity index (χ1v) is 6.81. The van der Waals surface area contributed by atoms with E-state index in [1.54, 1.807) is 0 Å². The SMILES string of the molecule is CC(CCNCC1COCCO1)c1ccccc1. The lowest BCUT2D eigenvalue weighted by Gasteiger charge is -2.23. The minimum absolute atomic E-state index is 0.228. The van der Waals surface area contributed by atoms with Crippen LogP contribution in [0.25, 0.3) is 0 Å². The fraction of sp³-hybridized carbons (Fsp3) is 0.600. The van der Waals surface area contributed by atoms with E-state index in [1.165, 1.54) is 5.56 Å². The standard InChI is InChI=1S/C15H23NO2/c1-13(14-5-3-2-4-6-14)7-8-16-11-15-12-17-9-10-18-15/h2-6,13,15-16H,7-12H2,1H3. The van der Waals surface area contributed by atoms with Crippen molar-refractivity contribution in [3.63, 3.8) is 0 Å². The largest absolute Gasteiger partial charge is 0.376 e. The maximum absolute atomic E-state index is 5.58. The second kappa shape index (κ2) is 7.52. The van der Waals surface area contributed by atoms with Crippen LogP contribution in [0.2, 0.25) is 0 Å². The molecule has 0 amide bonds. The van der Waals surface area contributed by atoms with E-state index in [9.17, 15) is 0 Å². The zero-order valence-corrected chi connectivity index (χ0v) is 11.1. The number of rotatable bonds is 6. The van der Waals surface area contributed by atoms with E-state index in [0.717, 1.165) is 39.3 Å². The van der Waals surface area contributed by atoms with E-state index < -0.39 is 0 Å². The van der Waals surface area contributed by atoms with Crippen LogP contribution in [-0.2, 0) is 9.47 Å². The molecule has 0 bridgehead atoms. The summed E-state index contributed by atoms with van der Waals surface area (Å²) in [5.41, 5.74) is 1.41. The third kappa shape index (κ3) is 4.41. The summed E-state index contributed by atoms with van der Waals surface area (Å²) in [4.78, 5) is 0. The number of hydrogen-bond acceptors (Lipinski definition) is 3. The molecular weight excluding hydrogens is 226 g/mol. The Hall–Kier alpha value is -0.900. The number of nitrogens with one attached hydrogen (secondary N) is 1. The average molecular weight is 249 g/mol. The Kier molecular flexibility index (Phi) is 5.65. The fourth-order valence-electron chi connectivity index (χ4n) is 2.18. The Balaban J connectivity index is 1.60. The molecule has 0 saturated carbocycles. The van der Waals surface area contributed by atoms with Crippen molar-refractivity contribution in [2.24, 2.45) is 0 Å². The Bertz CT molecular complexity index is 323. The summed E-state index contributed by atoms with van der Waals surface area (Å²) < 4.78 is 10.9. The van der Waals surface area contributed by atoms with Crippen LogP contribution < -0.4 is 5.32 Å². The summed E-state index contributed by atoms with van der Waals surface area (Å²) in [7, 11) is 0. The van der Waals surface area contributed by atoms with Crippen LogP contribution in [-0.4, -0.2) is 39.0 Å². The van der Waals surface area contributed by atoms with Gasteiger partial charge in [-0.25, -0.2) is 0 Å². The molecule has 0 spiro atoms. The highest BCUT2D eigenvalue weighted by molar-refractivity contribution is 5.18. The van der Waals surface area contributed by atoms with Gasteiger partial charge in [-0.1, -0.05) is 37.3 Å². The lowest BCUT2D eigenvalue weighted by molar-refractivity contribution is -0.0863. The average Bonchev–Trinajstić information content (AvgIpc) is 2.45. The maximum Gasteiger partial charge on any atom is 0.0933 e. The molecular formula is C15H23NO2. The highest BCUT2D eigenvalue weighted by atomic mass is 16.6. The second-order valence-electron chi connectivity index (χ2n) is 4.87. The normalized spacial score (nSPS) is 21.7. The van der Waals surface area contributed by atoms with Crippen LogP contribution in [0.3, 0.4) is 0 Å². The van der Waals surface area contributed by atoms with Crippen molar-refractivity contribution in [2.75, 3.05) is 32.9 Å². The van der Waals surface area contributed by atoms with Crippen LogP contribution in [0, 0.1) is 0 Å². The van der Waals surface area contributed by atoms with Gasteiger partial charge in [0.2, 0.25) is 0 Å². The molecule has 1 N–H and O–H groups in total. The number of benzene rings is 1. The third-order valence-corrected chi connectivity index (χ3v) is 3.38. The smallest absolute Gasteiger partial charge is 0.0933 e. The Morgan fingerprint density at radius 2 is 2.11 bits per heavy atom. The molecule has 2 unspecified atom stereocenters. The minimum Gasteiger partial charge on any atom is -0.376 e. The first kappa shape index (κ1) is 13.5. The van der Waals surface area contributed by atoms with Crippen molar-refractivity contribution < 1.29 is 9.47 Å². The van der Waals surface area contributed by atoms with Gasteiger partial charge in [-0.3, -0.25) is 0 Å². The molecule has 1 aromatic carbocycles. The molecule has 1 aromatic rings. The summed E-state index contributed by atoms with van der Waals surface area (Å²) in [6.45, 7) is 6.38. The van der Waals surface area contributed by atoms with Gasteiger partial charge in [0, 0.05) is 6.54 Å². The summed E-state index contributed by atoms with van der Waals surface area (Å²) >= 11 is 0. The van der Waals surface area contributed by atoms with Gasteiger partial charge in [0.25, 0.3) is 0 Å². The molecule has 0 aromatic heterocycles. The monoisotopic (exact) mass is 249 g/mol. The molecule has 1 saturated heterocycles. The Labute approximate surface area is 109 Å². The lowest BCUT2D eigenvalue weighted by Crippen LogP contribution is -2.37. The van der Waals surface area contributed by atoms with E-state index >= 15 is 0 Å². The minimum atomic E-state index is 0.228. The quantitative estimate of drug-likeness (QED) is 0.784. The summed E-state index contributed by atoms with van der Waals surface area (Å²) in [6.07, 6.45) is 1.38. The van der Waals surface area contributed by atoms with Crippen LogP contribution in [0.5, 0.6) is 0 Å². The summed E-state index contributed by atoms with van der Waals surface area (Å²) in [5.74, 6) is 0.599. The number of hydrogen-bond donors (Lipinski definition) is 1. The van der Waals surface area contributed by atoms with Crippen molar-refractivity contribution in [2.45, 2.75) is 25.4 Å². The van der Waals surface area contributed by atoms with Gasteiger partial charge in [0.1, 0.15) is 0 Å². The zero-order chi connectivity index (χ0) is 12.6. The third-order valence-electron chi connectivity index (χ3n) is 3.38. The van der Waals surface area contributed by atoms with Crippen molar-refractivity contribution in [1.82, 2.24) is 5.32 Å². The maximum atomic E-state index is 5.58. The number of ether oxygens (including phenoxy) is 2. The molecule has 100 valence electrons. The van der Waals surface area contributed by atoms with Gasteiger partial charge >= 0.3 is 0 Å². The van der Waals surface area contributed by atoms with Gasteiger partial charge in [0.05, 0.1) is 25.9 Å². The predicted molar refractivity (Wildman–Crippen MR) is 72.9 cm³/mol. The van der Waals surface area contributed by atoms with Crippen molar-refractivity contribution in [1.29, 1.82) is 0 Å². The first-order chi connectivity index (χ1) is 8.86. The van der Waals surface area contributed by atoms with Gasteiger partial charge in [-0.2, -0.15) is 0 Å². The van der Waals surface area contributed by atoms with Crippen LogP contribution in [0.4, 0.5) is 0 Å². The Morgan fingerprint density at radius 3 is 2.83 bits per heavy atom. The highest BCUT2D eigenvalue weighted by Gasteiger charge is 2.13. The molecule has 0 radical (unpaired) electrons. The first-order valence-electron chi connectivity index (χ1n) is 6.81. The topological polar surface area (TPSA) is 30.5 Å². The summed E-state index contributed by atoms with van der Waals surface area (Å²) in [6, 6.07) is 10.7. The fourth-order valence-corrected chi connectivity index (χ4v) is 2.18. The molecule has 0 aliphatic carbocycles. The second-order valence-corrected chi connectivity index (χ2v) is 4.87. The van der Waals surface area contributed by atoms with Crippen LogP contribution in [0.1, 0.15) is 24.8 Å². The molecule has 3 nitrogen and oxygen atoms in total. The summed E-state index contributed by atoms with van der Waals surface area (Å²) in [5, 5.41) is 3.45. The molecule has 1 aliphatic rings. The molecule has 1 aliphatic heterocycles. The van der Waals surface area contributed by atoms with Gasteiger partial charge < -0.3 is 14.8 Å². The van der Waals surface area contributed by atoms with Crippen LogP contribution >= 0.6 is 0 Å².